The number of halogens is 2. The van der Waals surface area contributed by atoms with E-state index in [9.17, 15) is 8.78 Å². The zero-order chi connectivity index (χ0) is 17.8. The molecule has 0 saturated heterocycles. The first-order chi connectivity index (χ1) is 12.6. The van der Waals surface area contributed by atoms with Crippen LogP contribution in [0, 0.1) is 18.6 Å². The average Bonchev–Trinajstić information content (AvgIpc) is 3.32. The van der Waals surface area contributed by atoms with Gasteiger partial charge in [-0.05, 0) is 49.1 Å². The number of benzene rings is 2. The van der Waals surface area contributed by atoms with E-state index in [2.05, 4.69) is 15.3 Å². The minimum Gasteiger partial charge on any atom is -0.278 e. The summed E-state index contributed by atoms with van der Waals surface area (Å²) in [6, 6.07) is 8.48. The van der Waals surface area contributed by atoms with Crippen molar-refractivity contribution in [3.05, 3.63) is 59.4 Å². The molecular formula is C20H16F2N4. The van der Waals surface area contributed by atoms with Crippen LogP contribution in [0.1, 0.15) is 17.7 Å². The second-order valence-corrected chi connectivity index (χ2v) is 6.75. The van der Waals surface area contributed by atoms with E-state index in [0.717, 1.165) is 53.2 Å². The summed E-state index contributed by atoms with van der Waals surface area (Å²) in [4.78, 5) is 0. The van der Waals surface area contributed by atoms with Crippen LogP contribution in [-0.2, 0) is 13.0 Å². The lowest BCUT2D eigenvalue weighted by Crippen LogP contribution is -1.96. The SMILES string of the molecule is Cc1cc(-c2nn3c(c2-c2ccc4[nH]ncc4c2)CCC3)c(F)cc1F. The van der Waals surface area contributed by atoms with Gasteiger partial charge in [0, 0.05) is 34.8 Å². The van der Waals surface area contributed by atoms with Gasteiger partial charge in [0.25, 0.3) is 0 Å². The molecule has 0 spiro atoms. The van der Waals surface area contributed by atoms with Crippen molar-refractivity contribution in [1.29, 1.82) is 0 Å². The molecular weight excluding hydrogens is 334 g/mol. The summed E-state index contributed by atoms with van der Waals surface area (Å²) in [6.45, 7) is 2.46. The molecule has 26 heavy (non-hydrogen) atoms. The summed E-state index contributed by atoms with van der Waals surface area (Å²) in [5, 5.41) is 12.7. The number of fused-ring (bicyclic) bond motifs is 2. The van der Waals surface area contributed by atoms with Crippen molar-refractivity contribution in [2.24, 2.45) is 0 Å². The Labute approximate surface area is 148 Å². The van der Waals surface area contributed by atoms with Crippen LogP contribution in [0.15, 0.2) is 36.5 Å². The number of aromatic amines is 1. The molecule has 0 atom stereocenters. The van der Waals surface area contributed by atoms with E-state index in [-0.39, 0.29) is 0 Å². The Morgan fingerprint density at radius 1 is 1.12 bits per heavy atom. The lowest BCUT2D eigenvalue weighted by molar-refractivity contribution is 0.578. The van der Waals surface area contributed by atoms with Gasteiger partial charge in [-0.15, -0.1) is 0 Å². The van der Waals surface area contributed by atoms with Crippen LogP contribution in [-0.4, -0.2) is 20.0 Å². The van der Waals surface area contributed by atoms with Crippen LogP contribution in [0.25, 0.3) is 33.3 Å². The lowest BCUT2D eigenvalue weighted by Gasteiger charge is -2.08. The van der Waals surface area contributed by atoms with E-state index in [1.165, 1.54) is 0 Å². The molecule has 2 aromatic heterocycles. The first kappa shape index (κ1) is 15.3. The van der Waals surface area contributed by atoms with Crippen molar-refractivity contribution in [2.45, 2.75) is 26.3 Å². The van der Waals surface area contributed by atoms with E-state index in [0.29, 0.717) is 16.8 Å². The van der Waals surface area contributed by atoms with Gasteiger partial charge in [-0.25, -0.2) is 8.78 Å². The van der Waals surface area contributed by atoms with Crippen molar-refractivity contribution in [2.75, 3.05) is 0 Å². The number of rotatable bonds is 2. The minimum atomic E-state index is -0.587. The van der Waals surface area contributed by atoms with Gasteiger partial charge < -0.3 is 0 Å². The predicted octanol–water partition coefficient (Wildman–Crippen LogP) is 4.63. The summed E-state index contributed by atoms with van der Waals surface area (Å²) in [6.07, 6.45) is 3.69. The maximum Gasteiger partial charge on any atom is 0.135 e. The van der Waals surface area contributed by atoms with Crippen LogP contribution in [0.4, 0.5) is 8.78 Å². The molecule has 1 N–H and O–H groups in total. The molecule has 0 amide bonds. The number of aryl methyl sites for hydroxylation is 2. The molecule has 6 heteroatoms. The van der Waals surface area contributed by atoms with Crippen molar-refractivity contribution < 1.29 is 8.78 Å². The topological polar surface area (TPSA) is 46.5 Å². The van der Waals surface area contributed by atoms with Gasteiger partial charge in [0.05, 0.1) is 11.7 Å². The largest absolute Gasteiger partial charge is 0.278 e. The molecule has 5 rings (SSSR count). The van der Waals surface area contributed by atoms with Crippen LogP contribution in [0.5, 0.6) is 0 Å². The molecule has 0 radical (unpaired) electrons. The molecule has 1 aliphatic heterocycles. The molecule has 4 nitrogen and oxygen atoms in total. The molecule has 0 bridgehead atoms. The second-order valence-electron chi connectivity index (χ2n) is 6.75. The van der Waals surface area contributed by atoms with E-state index in [4.69, 9.17) is 0 Å². The minimum absolute atomic E-state index is 0.341. The van der Waals surface area contributed by atoms with Gasteiger partial charge in [-0.3, -0.25) is 9.78 Å². The van der Waals surface area contributed by atoms with Gasteiger partial charge in [0.15, 0.2) is 0 Å². The second kappa shape index (κ2) is 5.49. The summed E-state index contributed by atoms with van der Waals surface area (Å²) >= 11 is 0. The molecule has 0 saturated carbocycles. The lowest BCUT2D eigenvalue weighted by atomic mass is 9.96. The number of hydrogen-bond donors (Lipinski definition) is 1. The molecule has 0 aliphatic carbocycles. The zero-order valence-corrected chi connectivity index (χ0v) is 14.2. The quantitative estimate of drug-likeness (QED) is 0.573. The highest BCUT2D eigenvalue weighted by Gasteiger charge is 2.26. The molecule has 2 aromatic carbocycles. The van der Waals surface area contributed by atoms with Crippen molar-refractivity contribution in [3.63, 3.8) is 0 Å². The van der Waals surface area contributed by atoms with Crippen LogP contribution < -0.4 is 0 Å². The molecule has 3 heterocycles. The van der Waals surface area contributed by atoms with Crippen molar-refractivity contribution in [3.8, 4) is 22.4 Å². The highest BCUT2D eigenvalue weighted by Crippen LogP contribution is 2.39. The molecule has 0 fully saturated rings. The van der Waals surface area contributed by atoms with E-state index < -0.39 is 11.6 Å². The molecule has 130 valence electrons. The predicted molar refractivity (Wildman–Crippen MR) is 95.7 cm³/mol. The van der Waals surface area contributed by atoms with Gasteiger partial charge in [0.1, 0.15) is 17.3 Å². The molecule has 4 aromatic rings. The van der Waals surface area contributed by atoms with Gasteiger partial charge in [0.2, 0.25) is 0 Å². The smallest absolute Gasteiger partial charge is 0.135 e. The summed E-state index contributed by atoms with van der Waals surface area (Å²) < 4.78 is 30.2. The third kappa shape index (κ3) is 2.18. The number of hydrogen-bond acceptors (Lipinski definition) is 2. The summed E-state index contributed by atoms with van der Waals surface area (Å²) in [7, 11) is 0. The Morgan fingerprint density at radius 3 is 2.88 bits per heavy atom. The third-order valence-electron chi connectivity index (χ3n) is 5.07. The Morgan fingerprint density at radius 2 is 2.00 bits per heavy atom. The Balaban J connectivity index is 1.78. The van der Waals surface area contributed by atoms with Gasteiger partial charge in [-0.1, -0.05) is 6.07 Å². The van der Waals surface area contributed by atoms with Crippen LogP contribution >= 0.6 is 0 Å². The summed E-state index contributed by atoms with van der Waals surface area (Å²) in [5.74, 6) is -1.13. The monoisotopic (exact) mass is 350 g/mol. The summed E-state index contributed by atoms with van der Waals surface area (Å²) in [5.41, 5.74) is 5.27. The fraction of sp³-hybridized carbons (Fsp3) is 0.200. The molecule has 0 unspecified atom stereocenters. The Kier molecular flexibility index (Phi) is 3.22. The number of aromatic nitrogens is 4. The zero-order valence-electron chi connectivity index (χ0n) is 14.2. The normalized spacial score (nSPS) is 13.5. The van der Waals surface area contributed by atoms with Gasteiger partial charge >= 0.3 is 0 Å². The maximum atomic E-state index is 14.6. The fourth-order valence-electron chi connectivity index (χ4n) is 3.76. The molecule has 1 aliphatic rings. The van der Waals surface area contributed by atoms with Crippen LogP contribution in [0.2, 0.25) is 0 Å². The highest BCUT2D eigenvalue weighted by molar-refractivity contribution is 5.89. The van der Waals surface area contributed by atoms with Crippen molar-refractivity contribution >= 4 is 10.9 Å². The fourth-order valence-corrected chi connectivity index (χ4v) is 3.76. The van der Waals surface area contributed by atoms with Gasteiger partial charge in [-0.2, -0.15) is 10.2 Å². The Bertz CT molecular complexity index is 1160. The third-order valence-corrected chi connectivity index (χ3v) is 5.07. The van der Waals surface area contributed by atoms with Crippen LogP contribution in [0.3, 0.4) is 0 Å². The van der Waals surface area contributed by atoms with E-state index in [1.807, 2.05) is 22.9 Å². The van der Waals surface area contributed by atoms with Crippen molar-refractivity contribution in [1.82, 2.24) is 20.0 Å². The van der Waals surface area contributed by atoms with E-state index in [1.54, 1.807) is 19.2 Å². The van der Waals surface area contributed by atoms with E-state index >= 15 is 0 Å². The average molecular weight is 350 g/mol. The first-order valence-corrected chi connectivity index (χ1v) is 8.61. The number of H-pyrrole nitrogens is 1. The Hall–Kier alpha value is -3.02. The maximum absolute atomic E-state index is 14.6. The first-order valence-electron chi connectivity index (χ1n) is 8.61. The highest BCUT2D eigenvalue weighted by atomic mass is 19.1. The number of nitrogens with zero attached hydrogens (tertiary/aromatic N) is 3. The standard InChI is InChI=1S/C20H16F2N4/c1-11-7-14(16(22)9-15(11)21)20-19(18-3-2-6-26(18)25-20)12-4-5-17-13(8-12)10-23-24-17/h4-5,7-10H,2-3,6H2,1H3,(H,23,24). The number of nitrogens with one attached hydrogen (secondary N) is 1.